The third kappa shape index (κ3) is 4.31. The molecule has 1 aromatic carbocycles. The molecule has 2 rings (SSSR count). The first-order valence-electron chi connectivity index (χ1n) is 6.33. The van der Waals surface area contributed by atoms with Crippen LogP contribution in [-0.2, 0) is 0 Å². The second-order valence-corrected chi connectivity index (χ2v) is 4.98. The van der Waals surface area contributed by atoms with Crippen LogP contribution in [0, 0.1) is 0 Å². The number of amides is 1. The van der Waals surface area contributed by atoms with Crippen molar-refractivity contribution in [2.75, 3.05) is 11.9 Å². The number of nitrogens with one attached hydrogen (secondary N) is 1. The number of nitrogens with zero attached hydrogens (tertiary/aromatic N) is 2. The second kappa shape index (κ2) is 7.24. The Balaban J connectivity index is 2.07. The van der Waals surface area contributed by atoms with Crippen LogP contribution in [0.3, 0.4) is 0 Å². The minimum Gasteiger partial charge on any atom is -0.492 e. The molecule has 0 spiro atoms. The molecular formula is C14H13Cl2N3O2. The Kier molecular flexibility index (Phi) is 5.36. The number of carbonyl (C=O) groups is 1. The maximum Gasteiger partial charge on any atom is 0.276 e. The van der Waals surface area contributed by atoms with Crippen molar-refractivity contribution in [3.05, 3.63) is 46.2 Å². The molecule has 0 atom stereocenters. The number of hydrogen-bond acceptors (Lipinski definition) is 4. The standard InChI is InChI=1S/C14H13Cl2N3O2/c1-2-7-21-12-5-3-9(8-10(12)15)17-14(20)11-4-6-13(16)19-18-11/h3-6,8H,2,7H2,1H3,(H,17,20). The molecule has 0 aliphatic heterocycles. The van der Waals surface area contributed by atoms with E-state index in [0.29, 0.717) is 23.1 Å². The van der Waals surface area contributed by atoms with Gasteiger partial charge in [0.1, 0.15) is 5.75 Å². The molecule has 7 heteroatoms. The molecule has 0 saturated carbocycles. The summed E-state index contributed by atoms with van der Waals surface area (Å²) in [6.07, 6.45) is 0.893. The summed E-state index contributed by atoms with van der Waals surface area (Å²) in [5.41, 5.74) is 0.715. The number of carbonyl (C=O) groups excluding carboxylic acids is 1. The molecular weight excluding hydrogens is 313 g/mol. The molecule has 0 bridgehead atoms. The topological polar surface area (TPSA) is 64.1 Å². The number of hydrogen-bond donors (Lipinski definition) is 1. The summed E-state index contributed by atoms with van der Waals surface area (Å²) in [5.74, 6) is 0.195. The van der Waals surface area contributed by atoms with Crippen molar-refractivity contribution in [1.29, 1.82) is 0 Å². The van der Waals surface area contributed by atoms with Crippen LogP contribution in [0.4, 0.5) is 5.69 Å². The van der Waals surface area contributed by atoms with Crippen molar-refractivity contribution < 1.29 is 9.53 Å². The van der Waals surface area contributed by atoms with Crippen molar-refractivity contribution in [3.8, 4) is 5.75 Å². The predicted octanol–water partition coefficient (Wildman–Crippen LogP) is 3.82. The minimum absolute atomic E-state index is 0.168. The summed E-state index contributed by atoms with van der Waals surface area (Å²) in [6, 6.07) is 8.02. The number of benzene rings is 1. The van der Waals surface area contributed by atoms with Gasteiger partial charge < -0.3 is 10.1 Å². The van der Waals surface area contributed by atoms with Crippen LogP contribution in [0.5, 0.6) is 5.75 Å². The van der Waals surface area contributed by atoms with Gasteiger partial charge in [0.05, 0.1) is 11.6 Å². The van der Waals surface area contributed by atoms with E-state index in [1.54, 1.807) is 18.2 Å². The Labute approximate surface area is 132 Å². The Hall–Kier alpha value is -1.85. The summed E-state index contributed by atoms with van der Waals surface area (Å²) in [7, 11) is 0. The average molecular weight is 326 g/mol. The van der Waals surface area contributed by atoms with Gasteiger partial charge in [-0.25, -0.2) is 0 Å². The number of halogens is 2. The fraction of sp³-hybridized carbons (Fsp3) is 0.214. The number of rotatable bonds is 5. The highest BCUT2D eigenvalue weighted by Crippen LogP contribution is 2.28. The third-order valence-corrected chi connectivity index (χ3v) is 3.01. The predicted molar refractivity (Wildman–Crippen MR) is 82.2 cm³/mol. The highest BCUT2D eigenvalue weighted by molar-refractivity contribution is 6.32. The normalized spacial score (nSPS) is 10.2. The van der Waals surface area contributed by atoms with E-state index in [1.165, 1.54) is 12.1 Å². The van der Waals surface area contributed by atoms with Crippen LogP contribution in [0.2, 0.25) is 10.2 Å². The maximum atomic E-state index is 12.0. The fourth-order valence-electron chi connectivity index (χ4n) is 1.54. The zero-order valence-electron chi connectivity index (χ0n) is 11.3. The van der Waals surface area contributed by atoms with E-state index < -0.39 is 5.91 Å². The molecule has 0 radical (unpaired) electrons. The van der Waals surface area contributed by atoms with Gasteiger partial charge in [-0.2, -0.15) is 0 Å². The summed E-state index contributed by atoms with van der Waals surface area (Å²) < 4.78 is 5.46. The van der Waals surface area contributed by atoms with E-state index in [2.05, 4.69) is 15.5 Å². The van der Waals surface area contributed by atoms with Crippen LogP contribution in [0.25, 0.3) is 0 Å². The molecule has 0 fully saturated rings. The average Bonchev–Trinajstić information content (AvgIpc) is 2.47. The number of anilines is 1. The largest absolute Gasteiger partial charge is 0.492 e. The molecule has 5 nitrogen and oxygen atoms in total. The molecule has 2 aromatic rings. The van der Waals surface area contributed by atoms with Crippen LogP contribution in [-0.4, -0.2) is 22.7 Å². The van der Waals surface area contributed by atoms with Crippen molar-refractivity contribution in [2.45, 2.75) is 13.3 Å². The lowest BCUT2D eigenvalue weighted by Gasteiger charge is -2.09. The van der Waals surface area contributed by atoms with E-state index in [4.69, 9.17) is 27.9 Å². The van der Waals surface area contributed by atoms with E-state index in [9.17, 15) is 4.79 Å². The first kappa shape index (κ1) is 15.5. The first-order chi connectivity index (χ1) is 10.1. The Morgan fingerprint density at radius 1 is 1.24 bits per heavy atom. The lowest BCUT2D eigenvalue weighted by Crippen LogP contribution is -2.14. The van der Waals surface area contributed by atoms with Gasteiger partial charge >= 0.3 is 0 Å². The van der Waals surface area contributed by atoms with Gasteiger partial charge in [-0.3, -0.25) is 4.79 Å². The zero-order chi connectivity index (χ0) is 15.2. The zero-order valence-corrected chi connectivity index (χ0v) is 12.8. The van der Waals surface area contributed by atoms with Crippen LogP contribution in [0.15, 0.2) is 30.3 Å². The maximum absolute atomic E-state index is 12.0. The van der Waals surface area contributed by atoms with Crippen molar-refractivity contribution in [1.82, 2.24) is 10.2 Å². The molecule has 0 aliphatic rings. The molecule has 1 aromatic heterocycles. The molecule has 110 valence electrons. The van der Waals surface area contributed by atoms with Crippen molar-refractivity contribution >= 4 is 34.8 Å². The lowest BCUT2D eigenvalue weighted by molar-refractivity contribution is 0.102. The first-order valence-corrected chi connectivity index (χ1v) is 7.08. The van der Waals surface area contributed by atoms with Gasteiger partial charge in [-0.1, -0.05) is 30.1 Å². The van der Waals surface area contributed by atoms with Gasteiger partial charge in [-0.05, 0) is 36.8 Å². The number of aromatic nitrogens is 2. The van der Waals surface area contributed by atoms with Crippen LogP contribution < -0.4 is 10.1 Å². The molecule has 0 aliphatic carbocycles. The van der Waals surface area contributed by atoms with Gasteiger partial charge in [0.15, 0.2) is 10.8 Å². The highest BCUT2D eigenvalue weighted by atomic mass is 35.5. The minimum atomic E-state index is -0.391. The van der Waals surface area contributed by atoms with E-state index in [0.717, 1.165) is 6.42 Å². The van der Waals surface area contributed by atoms with Crippen LogP contribution >= 0.6 is 23.2 Å². The second-order valence-electron chi connectivity index (χ2n) is 4.19. The van der Waals surface area contributed by atoms with Crippen molar-refractivity contribution in [3.63, 3.8) is 0 Å². The molecule has 0 saturated heterocycles. The third-order valence-electron chi connectivity index (χ3n) is 2.52. The lowest BCUT2D eigenvalue weighted by atomic mass is 10.3. The molecule has 1 amide bonds. The fourth-order valence-corrected chi connectivity index (χ4v) is 1.88. The molecule has 1 heterocycles. The molecule has 21 heavy (non-hydrogen) atoms. The Morgan fingerprint density at radius 3 is 2.67 bits per heavy atom. The summed E-state index contributed by atoms with van der Waals surface area (Å²) in [5, 5.41) is 10.7. The monoisotopic (exact) mass is 325 g/mol. The summed E-state index contributed by atoms with van der Waals surface area (Å²) in [6.45, 7) is 2.60. The van der Waals surface area contributed by atoms with E-state index in [1.807, 2.05) is 6.92 Å². The van der Waals surface area contributed by atoms with E-state index in [-0.39, 0.29) is 10.8 Å². The molecule has 1 N–H and O–H groups in total. The summed E-state index contributed by atoms with van der Waals surface area (Å²) in [4.78, 5) is 12.0. The van der Waals surface area contributed by atoms with Gasteiger partial charge in [-0.15, -0.1) is 10.2 Å². The quantitative estimate of drug-likeness (QED) is 0.907. The highest BCUT2D eigenvalue weighted by Gasteiger charge is 2.10. The number of ether oxygens (including phenoxy) is 1. The Bertz CT molecular complexity index is 633. The van der Waals surface area contributed by atoms with Gasteiger partial charge in [0.25, 0.3) is 5.91 Å². The SMILES string of the molecule is CCCOc1ccc(NC(=O)c2ccc(Cl)nn2)cc1Cl. The van der Waals surface area contributed by atoms with Crippen LogP contribution in [0.1, 0.15) is 23.8 Å². The summed E-state index contributed by atoms with van der Waals surface area (Å²) >= 11 is 11.7. The van der Waals surface area contributed by atoms with Crippen molar-refractivity contribution in [2.24, 2.45) is 0 Å². The Morgan fingerprint density at radius 2 is 2.05 bits per heavy atom. The van der Waals surface area contributed by atoms with Gasteiger partial charge in [0.2, 0.25) is 0 Å². The smallest absolute Gasteiger partial charge is 0.276 e. The molecule has 0 unspecified atom stereocenters. The van der Waals surface area contributed by atoms with E-state index >= 15 is 0 Å². The van der Waals surface area contributed by atoms with Gasteiger partial charge in [0, 0.05) is 5.69 Å².